The molecule has 0 saturated carbocycles. The summed E-state index contributed by atoms with van der Waals surface area (Å²) in [5.74, 6) is 0. The molecule has 0 saturated heterocycles. The highest BCUT2D eigenvalue weighted by Gasteiger charge is 2.11. The second-order valence-electron chi connectivity index (χ2n) is 2.62. The van der Waals surface area contributed by atoms with Gasteiger partial charge in [-0.05, 0) is 18.2 Å². The van der Waals surface area contributed by atoms with Gasteiger partial charge in [0, 0.05) is 15.7 Å². The molecular weight excluding hydrogens is 299 g/mol. The SMILES string of the molecule is O=C(Nc1ccc(Cl)cc1Cl)NS(=O)(=O)Cl. The van der Waals surface area contributed by atoms with E-state index < -0.39 is 15.3 Å². The number of anilines is 1. The van der Waals surface area contributed by atoms with Gasteiger partial charge in [0.15, 0.2) is 0 Å². The number of halogens is 3. The van der Waals surface area contributed by atoms with Crippen LogP contribution in [0.3, 0.4) is 0 Å². The minimum Gasteiger partial charge on any atom is -0.306 e. The van der Waals surface area contributed by atoms with E-state index in [-0.39, 0.29) is 10.7 Å². The van der Waals surface area contributed by atoms with E-state index in [0.29, 0.717) is 5.02 Å². The standard InChI is InChI=1S/C7H5Cl3N2O3S/c8-4-1-2-6(5(9)3-4)11-7(13)12-16(10,14)15/h1-3H,(H2,11,12,13). The van der Waals surface area contributed by atoms with E-state index in [4.69, 9.17) is 33.9 Å². The molecule has 1 rings (SSSR count). The largest absolute Gasteiger partial charge is 0.333 e. The third-order valence-corrected chi connectivity index (χ3v) is 2.60. The summed E-state index contributed by atoms with van der Waals surface area (Å²) in [4.78, 5) is 11.1. The highest BCUT2D eigenvalue weighted by molar-refractivity contribution is 8.12. The molecule has 0 fully saturated rings. The van der Waals surface area contributed by atoms with Crippen molar-refractivity contribution in [1.82, 2.24) is 4.72 Å². The third kappa shape index (κ3) is 4.44. The summed E-state index contributed by atoms with van der Waals surface area (Å²) < 4.78 is 22.5. The first-order valence-electron chi connectivity index (χ1n) is 3.76. The summed E-state index contributed by atoms with van der Waals surface area (Å²) in [5.41, 5.74) is 0.212. The van der Waals surface area contributed by atoms with Crippen molar-refractivity contribution in [1.29, 1.82) is 0 Å². The van der Waals surface area contributed by atoms with Crippen molar-refractivity contribution >= 4 is 54.8 Å². The summed E-state index contributed by atoms with van der Waals surface area (Å²) in [6.07, 6.45) is 0. The van der Waals surface area contributed by atoms with E-state index >= 15 is 0 Å². The Morgan fingerprint density at radius 1 is 1.25 bits per heavy atom. The van der Waals surface area contributed by atoms with Crippen molar-refractivity contribution in [2.45, 2.75) is 0 Å². The molecule has 0 bridgehead atoms. The first-order chi connectivity index (χ1) is 7.28. The topological polar surface area (TPSA) is 75.3 Å². The van der Waals surface area contributed by atoms with Gasteiger partial charge in [-0.2, -0.15) is 8.42 Å². The summed E-state index contributed by atoms with van der Waals surface area (Å²) in [6, 6.07) is 3.29. The Morgan fingerprint density at radius 2 is 1.88 bits per heavy atom. The first-order valence-corrected chi connectivity index (χ1v) is 6.83. The minimum atomic E-state index is -4.12. The number of nitrogens with one attached hydrogen (secondary N) is 2. The molecule has 88 valence electrons. The van der Waals surface area contributed by atoms with E-state index in [9.17, 15) is 13.2 Å². The molecule has 1 aromatic rings. The average Bonchev–Trinajstić information content (AvgIpc) is 2.06. The molecular formula is C7H5Cl3N2O3S. The molecule has 1 aromatic carbocycles. The highest BCUT2D eigenvalue weighted by atomic mass is 35.7. The summed E-state index contributed by atoms with van der Waals surface area (Å²) in [6.45, 7) is 0. The monoisotopic (exact) mass is 302 g/mol. The number of hydrogen-bond donors (Lipinski definition) is 2. The van der Waals surface area contributed by atoms with Gasteiger partial charge in [0.1, 0.15) is 0 Å². The van der Waals surface area contributed by atoms with Crippen LogP contribution in [0.2, 0.25) is 10.0 Å². The number of rotatable bonds is 2. The van der Waals surface area contributed by atoms with Crippen molar-refractivity contribution < 1.29 is 13.2 Å². The molecule has 16 heavy (non-hydrogen) atoms. The molecule has 0 spiro atoms. The Kier molecular flexibility index (Phi) is 4.26. The second-order valence-corrected chi connectivity index (χ2v) is 5.76. The van der Waals surface area contributed by atoms with Gasteiger partial charge in [-0.15, -0.1) is 0 Å². The smallest absolute Gasteiger partial charge is 0.306 e. The highest BCUT2D eigenvalue weighted by Crippen LogP contribution is 2.25. The van der Waals surface area contributed by atoms with Crippen LogP contribution in [-0.2, 0) is 9.24 Å². The molecule has 0 radical (unpaired) electrons. The molecule has 2 N–H and O–H groups in total. The van der Waals surface area contributed by atoms with Gasteiger partial charge < -0.3 is 5.32 Å². The number of carbonyl (C=O) groups excluding carboxylic acids is 1. The van der Waals surface area contributed by atoms with Crippen LogP contribution in [-0.4, -0.2) is 14.4 Å². The summed E-state index contributed by atoms with van der Waals surface area (Å²) in [7, 11) is 0.682. The number of amides is 2. The predicted molar refractivity (Wildman–Crippen MR) is 63.4 cm³/mol. The van der Waals surface area contributed by atoms with Crippen LogP contribution in [0.1, 0.15) is 0 Å². The molecule has 9 heteroatoms. The molecule has 0 unspecified atom stereocenters. The van der Waals surface area contributed by atoms with Crippen molar-refractivity contribution in [3.05, 3.63) is 28.2 Å². The zero-order valence-corrected chi connectivity index (χ0v) is 10.6. The van der Waals surface area contributed by atoms with Crippen LogP contribution in [0.5, 0.6) is 0 Å². The van der Waals surface area contributed by atoms with E-state index in [1.54, 1.807) is 0 Å². The molecule has 0 heterocycles. The van der Waals surface area contributed by atoms with Crippen molar-refractivity contribution in [3.63, 3.8) is 0 Å². The quantitative estimate of drug-likeness (QED) is 0.825. The van der Waals surface area contributed by atoms with Crippen molar-refractivity contribution in [2.24, 2.45) is 0 Å². The van der Waals surface area contributed by atoms with Crippen LogP contribution < -0.4 is 10.0 Å². The van der Waals surface area contributed by atoms with E-state index in [1.807, 2.05) is 0 Å². The molecule has 0 aliphatic heterocycles. The van der Waals surface area contributed by atoms with Gasteiger partial charge in [0.25, 0.3) is 0 Å². The fourth-order valence-corrected chi connectivity index (χ4v) is 1.79. The zero-order chi connectivity index (χ0) is 12.3. The van der Waals surface area contributed by atoms with E-state index in [0.717, 1.165) is 0 Å². The molecule has 0 aliphatic rings. The maximum absolute atomic E-state index is 11.1. The Labute approximate surface area is 106 Å². The van der Waals surface area contributed by atoms with Crippen molar-refractivity contribution in [3.8, 4) is 0 Å². The Balaban J connectivity index is 2.78. The van der Waals surface area contributed by atoms with Gasteiger partial charge in [-0.1, -0.05) is 23.2 Å². The Bertz CT molecular complexity index is 518. The van der Waals surface area contributed by atoms with Crippen LogP contribution >= 0.6 is 33.9 Å². The van der Waals surface area contributed by atoms with Gasteiger partial charge in [0.05, 0.1) is 10.7 Å². The van der Waals surface area contributed by atoms with Crippen molar-refractivity contribution in [2.75, 3.05) is 5.32 Å². The average molecular weight is 304 g/mol. The number of urea groups is 1. The lowest BCUT2D eigenvalue weighted by Crippen LogP contribution is -2.31. The first kappa shape index (κ1) is 13.4. The minimum absolute atomic E-state index is 0.176. The molecule has 0 aliphatic carbocycles. The fourth-order valence-electron chi connectivity index (χ4n) is 0.849. The second kappa shape index (κ2) is 5.09. The maximum atomic E-state index is 11.1. The van der Waals surface area contributed by atoms with E-state index in [2.05, 4.69) is 5.32 Å². The molecule has 0 atom stereocenters. The molecule has 5 nitrogen and oxygen atoms in total. The Hall–Kier alpha value is -0.690. The van der Waals surface area contributed by atoms with E-state index in [1.165, 1.54) is 22.9 Å². The maximum Gasteiger partial charge on any atom is 0.333 e. The fraction of sp³-hybridized carbons (Fsp3) is 0. The number of carbonyl (C=O) groups is 1. The molecule has 0 aromatic heterocycles. The zero-order valence-electron chi connectivity index (χ0n) is 7.50. The van der Waals surface area contributed by atoms with Crippen LogP contribution in [0.4, 0.5) is 10.5 Å². The van der Waals surface area contributed by atoms with Crippen LogP contribution in [0.25, 0.3) is 0 Å². The normalized spacial score (nSPS) is 10.9. The Morgan fingerprint density at radius 3 is 2.38 bits per heavy atom. The van der Waals surface area contributed by atoms with Gasteiger partial charge in [0.2, 0.25) is 0 Å². The van der Waals surface area contributed by atoms with Gasteiger partial charge in [-0.25, -0.2) is 9.52 Å². The summed E-state index contributed by atoms with van der Waals surface area (Å²) >= 11 is 11.4. The van der Waals surface area contributed by atoms with Crippen LogP contribution in [0, 0.1) is 0 Å². The van der Waals surface area contributed by atoms with Gasteiger partial charge >= 0.3 is 15.3 Å². The lowest BCUT2D eigenvalue weighted by molar-refractivity contribution is 0.256. The predicted octanol–water partition coefficient (Wildman–Crippen LogP) is 2.60. The summed E-state index contributed by atoms with van der Waals surface area (Å²) in [5, 5.41) is 2.76. The lowest BCUT2D eigenvalue weighted by Gasteiger charge is -2.06. The number of hydrogen-bond acceptors (Lipinski definition) is 3. The molecule has 2 amide bonds. The van der Waals surface area contributed by atoms with Crippen LogP contribution in [0.15, 0.2) is 18.2 Å². The van der Waals surface area contributed by atoms with Gasteiger partial charge in [-0.3, -0.25) is 0 Å². The third-order valence-electron chi connectivity index (χ3n) is 1.39. The lowest BCUT2D eigenvalue weighted by atomic mass is 10.3. The number of benzene rings is 1.